The van der Waals surface area contributed by atoms with Gasteiger partial charge in [-0.15, -0.1) is 0 Å². The average molecular weight is 256 g/mol. The molecule has 2 aromatic heterocycles. The summed E-state index contributed by atoms with van der Waals surface area (Å²) in [6.45, 7) is 5.11. The third-order valence-electron chi connectivity index (χ3n) is 2.74. The summed E-state index contributed by atoms with van der Waals surface area (Å²) in [6, 6.07) is 4.08. The molecule has 0 saturated carbocycles. The molecule has 0 saturated heterocycles. The summed E-state index contributed by atoms with van der Waals surface area (Å²) in [7, 11) is 0. The number of nitrogens with zero attached hydrogens (tertiary/aromatic N) is 4. The van der Waals surface area contributed by atoms with E-state index in [0.717, 1.165) is 11.3 Å². The van der Waals surface area contributed by atoms with Crippen LogP contribution in [0.1, 0.15) is 16.8 Å². The number of rotatable bonds is 4. The van der Waals surface area contributed by atoms with Gasteiger partial charge in [0.15, 0.2) is 0 Å². The smallest absolute Gasteiger partial charge is 0.144 e. The third-order valence-corrected chi connectivity index (χ3v) is 2.74. The number of nitrogens with one attached hydrogen (secondary N) is 1. The van der Waals surface area contributed by atoms with E-state index in [1.54, 1.807) is 17.1 Å². The van der Waals surface area contributed by atoms with Crippen LogP contribution in [-0.2, 0) is 6.54 Å². The number of anilines is 2. The highest BCUT2D eigenvalue weighted by Crippen LogP contribution is 2.17. The summed E-state index contributed by atoms with van der Waals surface area (Å²) < 4.78 is 1.75. The van der Waals surface area contributed by atoms with Gasteiger partial charge in [0.05, 0.1) is 24.0 Å². The van der Waals surface area contributed by atoms with Crippen molar-refractivity contribution in [3.8, 4) is 6.07 Å². The first-order valence-corrected chi connectivity index (χ1v) is 6.00. The molecule has 0 aromatic carbocycles. The van der Waals surface area contributed by atoms with Crippen LogP contribution in [0.25, 0.3) is 0 Å². The van der Waals surface area contributed by atoms with Gasteiger partial charge in [0, 0.05) is 18.4 Å². The maximum absolute atomic E-state index is 9.15. The molecule has 98 valence electrons. The van der Waals surface area contributed by atoms with Gasteiger partial charge < -0.3 is 11.1 Å². The molecule has 0 amide bonds. The molecule has 0 fully saturated rings. The summed E-state index contributed by atoms with van der Waals surface area (Å²) in [5, 5.41) is 16.4. The second-order valence-corrected chi connectivity index (χ2v) is 4.38. The molecule has 19 heavy (non-hydrogen) atoms. The topological polar surface area (TPSA) is 92.5 Å². The van der Waals surface area contributed by atoms with Crippen molar-refractivity contribution in [2.45, 2.75) is 20.4 Å². The van der Waals surface area contributed by atoms with Crippen LogP contribution in [0, 0.1) is 25.2 Å². The van der Waals surface area contributed by atoms with Gasteiger partial charge in [-0.1, -0.05) is 0 Å². The van der Waals surface area contributed by atoms with Crippen LogP contribution in [-0.4, -0.2) is 21.3 Å². The number of hydrogen-bond acceptors (Lipinski definition) is 5. The zero-order valence-electron chi connectivity index (χ0n) is 11.0. The van der Waals surface area contributed by atoms with Crippen molar-refractivity contribution < 1.29 is 0 Å². The first-order valence-electron chi connectivity index (χ1n) is 6.00. The fraction of sp³-hybridized carbons (Fsp3) is 0.308. The van der Waals surface area contributed by atoms with Crippen LogP contribution in [0.15, 0.2) is 18.5 Å². The second kappa shape index (κ2) is 5.40. The molecular formula is C13H16N6. The Bertz CT molecular complexity index is 623. The molecule has 3 N–H and O–H groups in total. The van der Waals surface area contributed by atoms with E-state index in [9.17, 15) is 0 Å². The standard InChI is InChI=1S/C13H16N6/c1-9-5-10(2)18-13(12(9)6-14)16-3-4-19-8-11(15)7-17-19/h5,7-8H,3-4,15H2,1-2H3,(H,16,18). The number of nitrogen functional groups attached to an aromatic ring is 1. The molecule has 0 radical (unpaired) electrons. The van der Waals surface area contributed by atoms with E-state index >= 15 is 0 Å². The van der Waals surface area contributed by atoms with E-state index < -0.39 is 0 Å². The summed E-state index contributed by atoms with van der Waals surface area (Å²) in [6.07, 6.45) is 3.37. The van der Waals surface area contributed by atoms with Crippen LogP contribution in [0.2, 0.25) is 0 Å². The molecule has 0 aliphatic heterocycles. The lowest BCUT2D eigenvalue weighted by atomic mass is 10.1. The van der Waals surface area contributed by atoms with Gasteiger partial charge in [-0.3, -0.25) is 4.68 Å². The number of pyridine rings is 1. The molecule has 0 unspecified atom stereocenters. The van der Waals surface area contributed by atoms with Crippen molar-refractivity contribution in [1.29, 1.82) is 5.26 Å². The second-order valence-electron chi connectivity index (χ2n) is 4.38. The molecular weight excluding hydrogens is 240 g/mol. The van der Waals surface area contributed by atoms with E-state index in [-0.39, 0.29) is 0 Å². The molecule has 2 aromatic rings. The Balaban J connectivity index is 2.05. The molecule has 0 atom stereocenters. The minimum absolute atomic E-state index is 0.588. The lowest BCUT2D eigenvalue weighted by molar-refractivity contribution is 0.637. The maximum atomic E-state index is 9.15. The Morgan fingerprint density at radius 2 is 2.26 bits per heavy atom. The summed E-state index contributed by atoms with van der Waals surface area (Å²) >= 11 is 0. The van der Waals surface area contributed by atoms with Crippen molar-refractivity contribution in [3.63, 3.8) is 0 Å². The van der Waals surface area contributed by atoms with Gasteiger partial charge in [-0.25, -0.2) is 4.98 Å². The van der Waals surface area contributed by atoms with Crippen LogP contribution in [0.3, 0.4) is 0 Å². The lowest BCUT2D eigenvalue weighted by Gasteiger charge is -2.10. The predicted octanol–water partition coefficient (Wildman–Crippen LogP) is 1.46. The monoisotopic (exact) mass is 256 g/mol. The normalized spacial score (nSPS) is 10.2. The van der Waals surface area contributed by atoms with E-state index in [1.807, 2.05) is 19.9 Å². The predicted molar refractivity (Wildman–Crippen MR) is 73.6 cm³/mol. The third kappa shape index (κ3) is 3.01. The SMILES string of the molecule is Cc1cc(C)c(C#N)c(NCCn2cc(N)cn2)n1. The number of aryl methyl sites for hydroxylation is 2. The van der Waals surface area contributed by atoms with E-state index in [1.165, 1.54) is 0 Å². The Kier molecular flexibility index (Phi) is 3.66. The molecule has 2 heterocycles. The summed E-state index contributed by atoms with van der Waals surface area (Å²) in [5.74, 6) is 0.625. The Morgan fingerprint density at radius 3 is 2.89 bits per heavy atom. The highest BCUT2D eigenvalue weighted by Gasteiger charge is 2.07. The number of hydrogen-bond donors (Lipinski definition) is 2. The van der Waals surface area contributed by atoms with Gasteiger partial charge in [-0.05, 0) is 25.5 Å². The van der Waals surface area contributed by atoms with Crippen molar-refractivity contribution >= 4 is 11.5 Å². The molecule has 6 heteroatoms. The largest absolute Gasteiger partial charge is 0.396 e. The lowest BCUT2D eigenvalue weighted by Crippen LogP contribution is -2.13. The molecule has 0 bridgehead atoms. The fourth-order valence-corrected chi connectivity index (χ4v) is 1.90. The zero-order chi connectivity index (χ0) is 13.8. The molecule has 2 rings (SSSR count). The van der Waals surface area contributed by atoms with Gasteiger partial charge in [0.1, 0.15) is 11.9 Å². The Hall–Kier alpha value is -2.55. The van der Waals surface area contributed by atoms with Gasteiger partial charge >= 0.3 is 0 Å². The van der Waals surface area contributed by atoms with Gasteiger partial charge in [-0.2, -0.15) is 10.4 Å². The molecule has 0 aliphatic carbocycles. The number of aromatic nitrogens is 3. The van der Waals surface area contributed by atoms with Crippen molar-refractivity contribution in [3.05, 3.63) is 35.3 Å². The number of nitriles is 1. The molecule has 0 spiro atoms. The maximum Gasteiger partial charge on any atom is 0.144 e. The van der Waals surface area contributed by atoms with Crippen LogP contribution >= 0.6 is 0 Å². The first-order chi connectivity index (χ1) is 9.10. The summed E-state index contributed by atoms with van der Waals surface area (Å²) in [4.78, 5) is 4.35. The fourth-order valence-electron chi connectivity index (χ4n) is 1.90. The average Bonchev–Trinajstić information content (AvgIpc) is 2.74. The highest BCUT2D eigenvalue weighted by atomic mass is 15.3. The van der Waals surface area contributed by atoms with E-state index in [4.69, 9.17) is 11.0 Å². The zero-order valence-corrected chi connectivity index (χ0v) is 11.0. The van der Waals surface area contributed by atoms with Crippen LogP contribution in [0.4, 0.5) is 11.5 Å². The van der Waals surface area contributed by atoms with E-state index in [2.05, 4.69) is 21.5 Å². The van der Waals surface area contributed by atoms with Gasteiger partial charge in [0.25, 0.3) is 0 Å². The minimum Gasteiger partial charge on any atom is -0.396 e. The van der Waals surface area contributed by atoms with E-state index in [0.29, 0.717) is 30.2 Å². The van der Waals surface area contributed by atoms with Crippen molar-refractivity contribution in [2.24, 2.45) is 0 Å². The number of nitrogens with two attached hydrogens (primary N) is 1. The van der Waals surface area contributed by atoms with Crippen molar-refractivity contribution in [1.82, 2.24) is 14.8 Å². The highest BCUT2D eigenvalue weighted by molar-refractivity contribution is 5.56. The Labute approximate surface area is 111 Å². The van der Waals surface area contributed by atoms with Crippen molar-refractivity contribution in [2.75, 3.05) is 17.6 Å². The molecule has 6 nitrogen and oxygen atoms in total. The molecule has 0 aliphatic rings. The van der Waals surface area contributed by atoms with Crippen LogP contribution < -0.4 is 11.1 Å². The first kappa shape index (κ1) is 12.9. The Morgan fingerprint density at radius 1 is 1.47 bits per heavy atom. The summed E-state index contributed by atoms with van der Waals surface area (Å²) in [5.41, 5.74) is 8.64. The quantitative estimate of drug-likeness (QED) is 0.864. The van der Waals surface area contributed by atoms with Crippen LogP contribution in [0.5, 0.6) is 0 Å². The minimum atomic E-state index is 0.588. The van der Waals surface area contributed by atoms with Gasteiger partial charge in [0.2, 0.25) is 0 Å².